The van der Waals surface area contributed by atoms with E-state index in [1.165, 1.54) is 0 Å². The number of piperazine rings is 1. The molecule has 9 heteroatoms. The second kappa shape index (κ2) is 9.04. The summed E-state index contributed by atoms with van der Waals surface area (Å²) < 4.78 is 17.6. The predicted molar refractivity (Wildman–Crippen MR) is 125 cm³/mol. The minimum absolute atomic E-state index is 0.0842. The number of hydrogen-bond donors (Lipinski definition) is 1. The Morgan fingerprint density at radius 3 is 2.03 bits per heavy atom. The van der Waals surface area contributed by atoms with Crippen LogP contribution in [0.4, 0.5) is 10.5 Å². The Labute approximate surface area is 191 Å². The highest BCUT2D eigenvalue weighted by atomic mass is 16.7. The summed E-state index contributed by atoms with van der Waals surface area (Å²) in [7, 11) is -0.425. The van der Waals surface area contributed by atoms with E-state index in [4.69, 9.17) is 14.0 Å². The van der Waals surface area contributed by atoms with Gasteiger partial charge in [0.25, 0.3) is 0 Å². The molecule has 0 saturated carbocycles. The molecule has 0 bridgehead atoms. The van der Waals surface area contributed by atoms with Crippen molar-refractivity contribution < 1.29 is 23.6 Å². The van der Waals surface area contributed by atoms with Gasteiger partial charge in [-0.3, -0.25) is 9.69 Å². The molecule has 0 aromatic heterocycles. The molecule has 1 aromatic rings. The van der Waals surface area contributed by atoms with E-state index in [-0.39, 0.29) is 18.5 Å². The second-order valence-electron chi connectivity index (χ2n) is 10.5. The van der Waals surface area contributed by atoms with E-state index in [9.17, 15) is 9.59 Å². The molecule has 176 valence electrons. The Kier molecular flexibility index (Phi) is 6.93. The van der Waals surface area contributed by atoms with Crippen molar-refractivity contribution in [2.24, 2.45) is 0 Å². The van der Waals surface area contributed by atoms with Crippen molar-refractivity contribution >= 4 is 30.3 Å². The first-order chi connectivity index (χ1) is 14.8. The molecular weight excluding hydrogens is 409 g/mol. The zero-order valence-electron chi connectivity index (χ0n) is 20.4. The maximum absolute atomic E-state index is 12.5. The Hall–Kier alpha value is -2.10. The van der Waals surface area contributed by atoms with E-state index in [1.807, 2.05) is 77.6 Å². The van der Waals surface area contributed by atoms with Crippen LogP contribution in [0.2, 0.25) is 0 Å². The minimum Gasteiger partial charge on any atom is -0.444 e. The molecule has 8 nitrogen and oxygen atoms in total. The van der Waals surface area contributed by atoms with Crippen LogP contribution in [0.15, 0.2) is 24.3 Å². The van der Waals surface area contributed by atoms with E-state index in [0.29, 0.717) is 26.2 Å². The fourth-order valence-corrected chi connectivity index (χ4v) is 3.52. The number of carbonyl (C=O) groups is 2. The Morgan fingerprint density at radius 1 is 1.00 bits per heavy atom. The molecule has 2 aliphatic heterocycles. The Bertz CT molecular complexity index is 811. The molecule has 2 heterocycles. The number of nitrogens with zero attached hydrogens (tertiary/aromatic N) is 2. The summed E-state index contributed by atoms with van der Waals surface area (Å²) in [6, 6.07) is 7.55. The topological polar surface area (TPSA) is 80.3 Å². The van der Waals surface area contributed by atoms with Gasteiger partial charge in [-0.15, -0.1) is 0 Å². The molecule has 0 radical (unpaired) electrons. The number of hydrogen-bond acceptors (Lipinski definition) is 6. The van der Waals surface area contributed by atoms with Crippen LogP contribution in [-0.4, -0.2) is 78.4 Å². The zero-order valence-corrected chi connectivity index (χ0v) is 20.4. The van der Waals surface area contributed by atoms with Gasteiger partial charge in [-0.25, -0.2) is 4.79 Å². The quantitative estimate of drug-likeness (QED) is 0.718. The summed E-state index contributed by atoms with van der Waals surface area (Å²) >= 11 is 0. The third-order valence-electron chi connectivity index (χ3n) is 6.11. The van der Waals surface area contributed by atoms with Crippen LogP contribution >= 0.6 is 0 Å². The number of anilines is 1. The lowest BCUT2D eigenvalue weighted by molar-refractivity contribution is -0.117. The molecule has 2 saturated heterocycles. The molecule has 2 fully saturated rings. The van der Waals surface area contributed by atoms with E-state index in [0.717, 1.165) is 11.2 Å². The highest BCUT2D eigenvalue weighted by Crippen LogP contribution is 2.36. The lowest BCUT2D eigenvalue weighted by Gasteiger charge is -2.35. The molecular formula is C23H36BN3O5. The van der Waals surface area contributed by atoms with E-state index in [1.54, 1.807) is 4.90 Å². The number of rotatable bonds is 4. The zero-order chi connectivity index (χ0) is 23.7. The Balaban J connectivity index is 1.46. The first kappa shape index (κ1) is 24.5. The number of nitrogens with one attached hydrogen (secondary N) is 1. The van der Waals surface area contributed by atoms with Gasteiger partial charge < -0.3 is 24.3 Å². The van der Waals surface area contributed by atoms with Crippen molar-refractivity contribution in [3.05, 3.63) is 24.3 Å². The normalized spacial score (nSPS) is 20.8. The van der Waals surface area contributed by atoms with E-state index >= 15 is 0 Å². The maximum atomic E-state index is 12.5. The molecule has 0 atom stereocenters. The Morgan fingerprint density at radius 2 is 1.53 bits per heavy atom. The fraction of sp³-hybridized carbons (Fsp3) is 0.652. The standard InChI is InChI=1S/C23H36BN3O5/c1-21(2,3)30-20(29)27-14-12-26(13-15-27)16-19(28)25-18-10-8-17(9-11-18)24-31-22(4,5)23(6,7)32-24/h8-11H,12-16H2,1-7H3,(H,25,28). The molecule has 1 aromatic carbocycles. The monoisotopic (exact) mass is 445 g/mol. The smallest absolute Gasteiger partial charge is 0.444 e. The largest absolute Gasteiger partial charge is 0.494 e. The predicted octanol–water partition coefficient (Wildman–Crippen LogP) is 2.48. The molecule has 1 N–H and O–H groups in total. The molecule has 32 heavy (non-hydrogen) atoms. The van der Waals surface area contributed by atoms with Crippen LogP contribution in [0.5, 0.6) is 0 Å². The number of ether oxygens (including phenoxy) is 1. The summed E-state index contributed by atoms with van der Waals surface area (Å²) in [4.78, 5) is 28.4. The fourth-order valence-electron chi connectivity index (χ4n) is 3.52. The van der Waals surface area contributed by atoms with E-state index < -0.39 is 23.9 Å². The molecule has 3 rings (SSSR count). The number of benzene rings is 1. The number of amides is 2. The van der Waals surface area contributed by atoms with E-state index in [2.05, 4.69) is 5.32 Å². The highest BCUT2D eigenvalue weighted by Gasteiger charge is 2.51. The molecule has 2 amide bonds. The molecule has 2 aliphatic rings. The summed E-state index contributed by atoms with van der Waals surface area (Å²) in [5.74, 6) is -0.0842. The molecule has 0 aliphatic carbocycles. The van der Waals surface area contributed by atoms with Gasteiger partial charge in [0.05, 0.1) is 17.7 Å². The average Bonchev–Trinajstić information content (AvgIpc) is 2.89. The van der Waals surface area contributed by atoms with Crippen LogP contribution in [0.25, 0.3) is 0 Å². The van der Waals surface area contributed by atoms with Gasteiger partial charge in [0.2, 0.25) is 5.91 Å². The van der Waals surface area contributed by atoms with Crippen molar-refractivity contribution in [1.82, 2.24) is 9.80 Å². The van der Waals surface area contributed by atoms with Gasteiger partial charge >= 0.3 is 13.2 Å². The first-order valence-electron chi connectivity index (χ1n) is 11.2. The van der Waals surface area contributed by atoms with Crippen molar-refractivity contribution in [2.75, 3.05) is 38.0 Å². The highest BCUT2D eigenvalue weighted by molar-refractivity contribution is 6.62. The van der Waals surface area contributed by atoms with Gasteiger partial charge in [-0.05, 0) is 66.1 Å². The second-order valence-corrected chi connectivity index (χ2v) is 10.5. The molecule has 0 unspecified atom stereocenters. The third-order valence-corrected chi connectivity index (χ3v) is 6.11. The lowest BCUT2D eigenvalue weighted by atomic mass is 9.79. The van der Waals surface area contributed by atoms with Crippen LogP contribution in [-0.2, 0) is 18.8 Å². The van der Waals surface area contributed by atoms with Crippen molar-refractivity contribution in [3.63, 3.8) is 0 Å². The third kappa shape index (κ3) is 6.02. The number of carbonyl (C=O) groups excluding carboxylic acids is 2. The van der Waals surface area contributed by atoms with Crippen molar-refractivity contribution in [1.29, 1.82) is 0 Å². The maximum Gasteiger partial charge on any atom is 0.494 e. The average molecular weight is 445 g/mol. The van der Waals surface area contributed by atoms with Gasteiger partial charge in [0, 0.05) is 31.9 Å². The summed E-state index contributed by atoms with van der Waals surface area (Å²) in [5, 5.41) is 2.94. The lowest BCUT2D eigenvalue weighted by Crippen LogP contribution is -2.51. The van der Waals surface area contributed by atoms with Crippen LogP contribution in [0, 0.1) is 0 Å². The SMILES string of the molecule is CC(C)(C)OC(=O)N1CCN(CC(=O)Nc2ccc(B3OC(C)(C)C(C)(C)O3)cc2)CC1. The first-order valence-corrected chi connectivity index (χ1v) is 11.2. The van der Waals surface area contributed by atoms with Crippen molar-refractivity contribution in [3.8, 4) is 0 Å². The van der Waals surface area contributed by atoms with Gasteiger partial charge in [-0.2, -0.15) is 0 Å². The summed E-state index contributed by atoms with van der Waals surface area (Å²) in [6.45, 7) is 16.3. The minimum atomic E-state index is -0.508. The van der Waals surface area contributed by atoms with Gasteiger partial charge in [0.1, 0.15) is 5.60 Å². The van der Waals surface area contributed by atoms with Crippen LogP contribution in [0.3, 0.4) is 0 Å². The summed E-state index contributed by atoms with van der Waals surface area (Å²) in [6.07, 6.45) is -0.302. The molecule has 0 spiro atoms. The van der Waals surface area contributed by atoms with Gasteiger partial charge in [0.15, 0.2) is 0 Å². The summed E-state index contributed by atoms with van der Waals surface area (Å²) in [5.41, 5.74) is 0.352. The van der Waals surface area contributed by atoms with Crippen LogP contribution in [0.1, 0.15) is 48.5 Å². The van der Waals surface area contributed by atoms with Crippen LogP contribution < -0.4 is 10.8 Å². The van der Waals surface area contributed by atoms with Gasteiger partial charge in [-0.1, -0.05) is 12.1 Å². The van der Waals surface area contributed by atoms with Crippen molar-refractivity contribution in [2.45, 2.75) is 65.3 Å².